The first-order valence-electron chi connectivity index (χ1n) is 14.0. The molecule has 2 aromatic heterocycles. The van der Waals surface area contributed by atoms with Gasteiger partial charge in [-0.25, -0.2) is 18.5 Å². The minimum Gasteiger partial charge on any atom is -0.378 e. The standard InChI is InChI=1S/C15H13F6N5O4S2.C9H17NO2.C2H6/c16-14(17,18)13(27,15(19,20)21)9-7-22-12(23-8-9)24-3-5-25(6-4-24)32(30)11-2-1-10(31-11)26(28)29;1-7-5-12-6-9(10(7)3)4-8(2)11;1-2/h1-2,7-8,27H,3-6H2;7,9H,4-6H2,1-3H3;1-2H3. The first-order valence-corrected chi connectivity index (χ1v) is 15.9. The number of alkyl halides is 6. The van der Waals surface area contributed by atoms with Crippen LogP contribution < -0.4 is 4.90 Å². The van der Waals surface area contributed by atoms with E-state index in [0.29, 0.717) is 19.1 Å². The van der Waals surface area contributed by atoms with Crippen LogP contribution in [0.15, 0.2) is 28.7 Å². The fourth-order valence-electron chi connectivity index (χ4n) is 4.35. The number of halogens is 6. The minimum absolute atomic E-state index is 0.140. The molecular weight excluding hydrogens is 670 g/mol. The summed E-state index contributed by atoms with van der Waals surface area (Å²) in [6.07, 6.45) is -10.9. The van der Waals surface area contributed by atoms with Gasteiger partial charge in [0.1, 0.15) is 21.0 Å². The van der Waals surface area contributed by atoms with Gasteiger partial charge in [-0.3, -0.25) is 19.8 Å². The molecule has 2 fully saturated rings. The Morgan fingerprint density at radius 1 is 1.09 bits per heavy atom. The van der Waals surface area contributed by atoms with Crippen molar-refractivity contribution in [1.29, 1.82) is 0 Å². The van der Waals surface area contributed by atoms with Crippen LogP contribution in [-0.4, -0.2) is 110 Å². The number of nitro groups is 1. The number of Topliss-reactive ketones (excluding diaryl/α,β-unsaturated/α-hetero) is 1. The molecule has 0 aliphatic carbocycles. The summed E-state index contributed by atoms with van der Waals surface area (Å²) in [6.45, 7) is 9.84. The van der Waals surface area contributed by atoms with Crippen molar-refractivity contribution in [2.75, 3.05) is 51.3 Å². The van der Waals surface area contributed by atoms with Gasteiger partial charge in [-0.1, -0.05) is 25.2 Å². The van der Waals surface area contributed by atoms with Gasteiger partial charge in [0.2, 0.25) is 5.95 Å². The summed E-state index contributed by atoms with van der Waals surface area (Å²) in [7, 11) is 0.381. The van der Waals surface area contributed by atoms with Crippen molar-refractivity contribution in [3.8, 4) is 0 Å². The highest BCUT2D eigenvalue weighted by Crippen LogP contribution is 2.49. The van der Waals surface area contributed by atoms with Crippen molar-refractivity contribution in [2.45, 2.75) is 68.4 Å². The Bertz CT molecular complexity index is 1310. The fraction of sp³-hybridized carbons (Fsp3) is 0.654. The van der Waals surface area contributed by atoms with Crippen LogP contribution in [0.2, 0.25) is 0 Å². The zero-order chi connectivity index (χ0) is 35.0. The molecule has 20 heteroatoms. The number of morpholine rings is 1. The molecule has 2 aliphatic heterocycles. The van der Waals surface area contributed by atoms with Crippen LogP contribution in [0.4, 0.5) is 37.3 Å². The molecule has 0 radical (unpaired) electrons. The van der Waals surface area contributed by atoms with Gasteiger partial charge in [0.05, 0.1) is 18.1 Å². The summed E-state index contributed by atoms with van der Waals surface area (Å²) in [4.78, 5) is 31.8. The monoisotopic (exact) mass is 706 g/mol. The fourth-order valence-corrected chi connectivity index (χ4v) is 6.69. The molecule has 0 amide bonds. The smallest absolute Gasteiger partial charge is 0.378 e. The predicted octanol–water partition coefficient (Wildman–Crippen LogP) is 4.31. The summed E-state index contributed by atoms with van der Waals surface area (Å²) in [5.41, 5.74) is -6.68. The number of ketones is 1. The van der Waals surface area contributed by atoms with Crippen LogP contribution >= 0.6 is 11.3 Å². The van der Waals surface area contributed by atoms with E-state index in [2.05, 4.69) is 28.8 Å². The van der Waals surface area contributed by atoms with Gasteiger partial charge in [0.25, 0.3) is 5.60 Å². The highest BCUT2D eigenvalue weighted by molar-refractivity contribution is 7.85. The molecule has 4 rings (SSSR count). The summed E-state index contributed by atoms with van der Waals surface area (Å²) in [5.74, 6) is 0.0715. The lowest BCUT2D eigenvalue weighted by Crippen LogP contribution is -2.54. The second-order valence-electron chi connectivity index (χ2n) is 10.1. The Hall–Kier alpha value is -2.78. The van der Waals surface area contributed by atoms with E-state index in [9.17, 15) is 50.6 Å². The van der Waals surface area contributed by atoms with Crippen LogP contribution in [0, 0.1) is 10.1 Å². The summed E-state index contributed by atoms with van der Waals surface area (Å²) < 4.78 is 97.3. The zero-order valence-corrected chi connectivity index (χ0v) is 27.3. The first kappa shape index (κ1) is 39.4. The third-order valence-electron chi connectivity index (χ3n) is 7.02. The van der Waals surface area contributed by atoms with Gasteiger partial charge >= 0.3 is 17.4 Å². The number of carbonyl (C=O) groups excluding carboxylic acids is 1. The van der Waals surface area contributed by atoms with Gasteiger partial charge < -0.3 is 14.7 Å². The van der Waals surface area contributed by atoms with E-state index in [1.165, 1.54) is 21.3 Å². The average Bonchev–Trinajstić information content (AvgIpc) is 3.50. The second kappa shape index (κ2) is 16.4. The maximum Gasteiger partial charge on any atom is 0.430 e. The maximum atomic E-state index is 12.9. The lowest BCUT2D eigenvalue weighted by molar-refractivity contribution is -0.380. The van der Waals surface area contributed by atoms with E-state index in [-0.39, 0.29) is 65.6 Å². The molecular formula is C26H36F6N6O6S2. The van der Waals surface area contributed by atoms with Gasteiger partial charge in [-0.15, -0.1) is 0 Å². The van der Waals surface area contributed by atoms with Crippen molar-refractivity contribution in [3.05, 3.63) is 40.2 Å². The van der Waals surface area contributed by atoms with Crippen molar-refractivity contribution in [2.24, 2.45) is 0 Å². The normalized spacial score (nSPS) is 20.6. The van der Waals surface area contributed by atoms with Gasteiger partial charge in [0, 0.05) is 68.7 Å². The largest absolute Gasteiger partial charge is 0.430 e. The second-order valence-corrected chi connectivity index (χ2v) is 12.9. The third kappa shape index (κ3) is 9.40. The number of piperazine rings is 1. The zero-order valence-electron chi connectivity index (χ0n) is 25.7. The van der Waals surface area contributed by atoms with Crippen molar-refractivity contribution >= 4 is 39.1 Å². The molecule has 2 aromatic rings. The van der Waals surface area contributed by atoms with Crippen LogP contribution in [0.3, 0.4) is 0 Å². The third-order valence-corrected chi connectivity index (χ3v) is 9.84. The summed E-state index contributed by atoms with van der Waals surface area (Å²) >= 11 is 0.761. The minimum atomic E-state index is -6.04. The highest BCUT2D eigenvalue weighted by Gasteiger charge is 2.71. The molecule has 0 saturated carbocycles. The summed E-state index contributed by atoms with van der Waals surface area (Å²) in [5, 5.41) is 20.0. The molecule has 4 heterocycles. The molecule has 46 heavy (non-hydrogen) atoms. The van der Waals surface area contributed by atoms with Crippen LogP contribution in [-0.2, 0) is 26.1 Å². The molecule has 2 saturated heterocycles. The number of carbonyl (C=O) groups is 1. The Labute approximate surface area is 268 Å². The number of thiophene rings is 1. The molecule has 0 spiro atoms. The Morgan fingerprint density at radius 3 is 2.09 bits per heavy atom. The Balaban J connectivity index is 0.000000439. The molecule has 3 atom stereocenters. The van der Waals surface area contributed by atoms with Crippen LogP contribution in [0.5, 0.6) is 0 Å². The predicted molar refractivity (Wildman–Crippen MR) is 158 cm³/mol. The molecule has 0 aromatic carbocycles. The molecule has 3 unspecified atom stereocenters. The van der Waals surface area contributed by atoms with Crippen LogP contribution in [0.25, 0.3) is 0 Å². The number of aliphatic hydroxyl groups is 1. The number of likely N-dealkylation sites (N-methyl/N-ethyl adjacent to an activating group) is 1. The number of ether oxygens (including phenoxy) is 1. The van der Waals surface area contributed by atoms with Crippen LogP contribution in [0.1, 0.15) is 39.7 Å². The first-order chi connectivity index (χ1) is 21.4. The molecule has 12 nitrogen and oxygen atoms in total. The molecule has 2 aliphatic rings. The van der Waals surface area contributed by atoms with Gasteiger partial charge in [-0.2, -0.15) is 26.3 Å². The number of hydrogen-bond acceptors (Lipinski definition) is 11. The maximum absolute atomic E-state index is 12.9. The lowest BCUT2D eigenvalue weighted by atomic mass is 9.95. The summed E-state index contributed by atoms with van der Waals surface area (Å²) in [6, 6.07) is 3.32. The SMILES string of the molecule is CC.CC(=O)CC1COCC(C)N1C.O=[N+]([O-])c1ccc(S(=O)N2CCN(c3ncc(C(O)(C(F)(F)F)C(F)(F)F)cn3)CC2)s1. The number of hydrogen-bond donors (Lipinski definition) is 1. The number of rotatable bonds is 7. The Morgan fingerprint density at radius 2 is 1.63 bits per heavy atom. The van der Waals surface area contributed by atoms with E-state index in [1.54, 1.807) is 6.92 Å². The Kier molecular flexibility index (Phi) is 14.0. The van der Waals surface area contributed by atoms with E-state index in [0.717, 1.165) is 17.9 Å². The number of anilines is 1. The molecule has 0 bridgehead atoms. The van der Waals surface area contributed by atoms with E-state index in [1.807, 2.05) is 13.8 Å². The quantitative estimate of drug-likeness (QED) is 0.252. The van der Waals surface area contributed by atoms with Crippen molar-refractivity contribution < 1.29 is 50.1 Å². The topological polar surface area (TPSA) is 142 Å². The number of aromatic nitrogens is 2. The van der Waals surface area contributed by atoms with Gasteiger partial charge in [0.15, 0.2) is 0 Å². The van der Waals surface area contributed by atoms with Crippen molar-refractivity contribution in [3.63, 3.8) is 0 Å². The van der Waals surface area contributed by atoms with E-state index < -0.39 is 39.4 Å². The van der Waals surface area contributed by atoms with E-state index >= 15 is 0 Å². The highest BCUT2D eigenvalue weighted by atomic mass is 32.2. The average molecular weight is 707 g/mol. The van der Waals surface area contributed by atoms with Crippen molar-refractivity contribution in [1.82, 2.24) is 19.2 Å². The molecule has 1 N–H and O–H groups in total. The van der Waals surface area contributed by atoms with E-state index in [4.69, 9.17) is 4.74 Å². The molecule has 260 valence electrons. The number of nitrogens with zero attached hydrogens (tertiary/aromatic N) is 6. The van der Waals surface area contributed by atoms with Gasteiger partial charge in [-0.05, 0) is 27.0 Å². The lowest BCUT2D eigenvalue weighted by Gasteiger charge is -2.37.